The summed E-state index contributed by atoms with van der Waals surface area (Å²) in [7, 11) is 3.26. The predicted molar refractivity (Wildman–Crippen MR) is 99.1 cm³/mol. The van der Waals surface area contributed by atoms with Gasteiger partial charge in [-0.2, -0.15) is 0 Å². The zero-order valence-electron chi connectivity index (χ0n) is 15.3. The maximum Gasteiger partial charge on any atom is 0.122 e. The van der Waals surface area contributed by atoms with Crippen molar-refractivity contribution in [1.29, 1.82) is 0 Å². The van der Waals surface area contributed by atoms with E-state index in [4.69, 9.17) is 9.47 Å². The number of hydrogen-bond acceptors (Lipinski definition) is 4. The number of aryl methyl sites for hydroxylation is 1. The Morgan fingerprint density at radius 1 is 1.00 bits per heavy atom. The van der Waals surface area contributed by atoms with E-state index in [9.17, 15) is 5.11 Å². The van der Waals surface area contributed by atoms with E-state index in [0.717, 1.165) is 25.2 Å². The zero-order chi connectivity index (χ0) is 17.9. The Balaban J connectivity index is 1.71. The molecule has 0 atom stereocenters. The standard InChI is InChI=1S/C21H27NO3/c1-16-6-4-5-7-17(16)15-22-10-8-21(23,9-11-22)18-12-19(24-2)14-20(13-18)25-3/h4-7,12-14,23H,8-11,15H2,1-3H3. The van der Waals surface area contributed by atoms with Crippen LogP contribution in [0.4, 0.5) is 0 Å². The number of ether oxygens (including phenoxy) is 2. The van der Waals surface area contributed by atoms with Gasteiger partial charge >= 0.3 is 0 Å². The first-order valence-corrected chi connectivity index (χ1v) is 8.77. The number of piperidine rings is 1. The van der Waals surface area contributed by atoms with Gasteiger partial charge in [0.05, 0.1) is 19.8 Å². The highest BCUT2D eigenvalue weighted by Gasteiger charge is 2.34. The lowest BCUT2D eigenvalue weighted by Gasteiger charge is -2.39. The van der Waals surface area contributed by atoms with Crippen molar-refractivity contribution >= 4 is 0 Å². The van der Waals surface area contributed by atoms with Crippen LogP contribution in [-0.4, -0.2) is 37.3 Å². The Morgan fingerprint density at radius 3 is 2.16 bits per heavy atom. The molecule has 134 valence electrons. The lowest BCUT2D eigenvalue weighted by atomic mass is 9.84. The first-order chi connectivity index (χ1) is 12.0. The molecule has 25 heavy (non-hydrogen) atoms. The second-order valence-electron chi connectivity index (χ2n) is 6.84. The third-order valence-corrected chi connectivity index (χ3v) is 5.23. The highest BCUT2D eigenvalue weighted by Crippen LogP contribution is 2.37. The molecule has 1 N–H and O–H groups in total. The van der Waals surface area contributed by atoms with E-state index in [2.05, 4.69) is 36.1 Å². The monoisotopic (exact) mass is 341 g/mol. The predicted octanol–water partition coefficient (Wildman–Crippen LogP) is 3.50. The van der Waals surface area contributed by atoms with Crippen molar-refractivity contribution in [2.24, 2.45) is 0 Å². The second kappa shape index (κ2) is 7.46. The van der Waals surface area contributed by atoms with Crippen molar-refractivity contribution in [3.63, 3.8) is 0 Å². The largest absolute Gasteiger partial charge is 0.497 e. The molecule has 2 aromatic carbocycles. The molecule has 1 saturated heterocycles. The van der Waals surface area contributed by atoms with Gasteiger partial charge in [0.25, 0.3) is 0 Å². The number of rotatable bonds is 5. The van der Waals surface area contributed by atoms with E-state index >= 15 is 0 Å². The van der Waals surface area contributed by atoms with E-state index < -0.39 is 5.60 Å². The van der Waals surface area contributed by atoms with Crippen LogP contribution in [0.3, 0.4) is 0 Å². The molecule has 1 aliphatic rings. The molecule has 0 saturated carbocycles. The molecular weight excluding hydrogens is 314 g/mol. The maximum absolute atomic E-state index is 11.2. The van der Waals surface area contributed by atoms with Crippen LogP contribution in [0.1, 0.15) is 29.5 Å². The first kappa shape index (κ1) is 17.8. The van der Waals surface area contributed by atoms with Crippen molar-refractivity contribution < 1.29 is 14.6 Å². The van der Waals surface area contributed by atoms with E-state index in [1.165, 1.54) is 11.1 Å². The van der Waals surface area contributed by atoms with Gasteiger partial charge in [-0.25, -0.2) is 0 Å². The molecule has 0 unspecified atom stereocenters. The zero-order valence-corrected chi connectivity index (χ0v) is 15.3. The van der Waals surface area contributed by atoms with Crippen molar-refractivity contribution in [1.82, 2.24) is 4.90 Å². The number of hydrogen-bond donors (Lipinski definition) is 1. The van der Waals surface area contributed by atoms with Gasteiger partial charge in [0.15, 0.2) is 0 Å². The number of aliphatic hydroxyl groups is 1. The van der Waals surface area contributed by atoms with Gasteiger partial charge in [-0.1, -0.05) is 24.3 Å². The van der Waals surface area contributed by atoms with Gasteiger partial charge in [-0.3, -0.25) is 4.90 Å². The highest BCUT2D eigenvalue weighted by atomic mass is 16.5. The Bertz CT molecular complexity index is 699. The molecular formula is C21H27NO3. The third kappa shape index (κ3) is 3.97. The number of methoxy groups -OCH3 is 2. The van der Waals surface area contributed by atoms with Crippen LogP contribution in [0.15, 0.2) is 42.5 Å². The molecule has 0 aromatic heterocycles. The lowest BCUT2D eigenvalue weighted by molar-refractivity contribution is -0.0280. The molecule has 0 aliphatic carbocycles. The summed E-state index contributed by atoms with van der Waals surface area (Å²) >= 11 is 0. The molecule has 1 heterocycles. The fourth-order valence-corrected chi connectivity index (χ4v) is 3.47. The van der Waals surface area contributed by atoms with Crippen molar-refractivity contribution in [3.05, 3.63) is 59.2 Å². The molecule has 0 amide bonds. The maximum atomic E-state index is 11.2. The number of likely N-dealkylation sites (tertiary alicyclic amines) is 1. The quantitative estimate of drug-likeness (QED) is 0.904. The van der Waals surface area contributed by atoms with Crippen LogP contribution in [0.25, 0.3) is 0 Å². The summed E-state index contributed by atoms with van der Waals surface area (Å²) in [4.78, 5) is 2.41. The highest BCUT2D eigenvalue weighted by molar-refractivity contribution is 5.41. The van der Waals surface area contributed by atoms with Gasteiger partial charge in [0.1, 0.15) is 11.5 Å². The summed E-state index contributed by atoms with van der Waals surface area (Å²) in [6, 6.07) is 14.2. The van der Waals surface area contributed by atoms with Crippen molar-refractivity contribution in [3.8, 4) is 11.5 Å². The normalized spacial score (nSPS) is 17.3. The smallest absolute Gasteiger partial charge is 0.122 e. The van der Waals surface area contributed by atoms with Gasteiger partial charge in [0.2, 0.25) is 0 Å². The molecule has 4 heteroatoms. The minimum absolute atomic E-state index is 0.704. The van der Waals surface area contributed by atoms with Crippen LogP contribution in [0, 0.1) is 6.92 Å². The molecule has 0 spiro atoms. The van der Waals surface area contributed by atoms with E-state index in [1.807, 2.05) is 18.2 Å². The average Bonchev–Trinajstić information content (AvgIpc) is 2.65. The average molecular weight is 341 g/mol. The Hall–Kier alpha value is -2.04. The summed E-state index contributed by atoms with van der Waals surface area (Å²) in [5.74, 6) is 1.43. The fraction of sp³-hybridized carbons (Fsp3) is 0.429. The second-order valence-corrected chi connectivity index (χ2v) is 6.84. The van der Waals surface area contributed by atoms with Crippen molar-refractivity contribution in [2.75, 3.05) is 27.3 Å². The van der Waals surface area contributed by atoms with Gasteiger partial charge in [-0.05, 0) is 48.6 Å². The van der Waals surface area contributed by atoms with Crippen LogP contribution in [-0.2, 0) is 12.1 Å². The van der Waals surface area contributed by atoms with Gasteiger partial charge < -0.3 is 14.6 Å². The summed E-state index contributed by atoms with van der Waals surface area (Å²) < 4.78 is 10.7. The summed E-state index contributed by atoms with van der Waals surface area (Å²) in [5.41, 5.74) is 2.72. The van der Waals surface area contributed by atoms with Crippen LogP contribution >= 0.6 is 0 Å². The molecule has 0 radical (unpaired) electrons. The number of benzene rings is 2. The lowest BCUT2D eigenvalue weighted by Crippen LogP contribution is -2.42. The van der Waals surface area contributed by atoms with Gasteiger partial charge in [0, 0.05) is 25.7 Å². The van der Waals surface area contributed by atoms with Gasteiger partial charge in [-0.15, -0.1) is 0 Å². The van der Waals surface area contributed by atoms with Crippen molar-refractivity contribution in [2.45, 2.75) is 31.9 Å². The SMILES string of the molecule is COc1cc(OC)cc(C2(O)CCN(Cc3ccccc3C)CC2)c1. The number of nitrogens with zero attached hydrogens (tertiary/aromatic N) is 1. The molecule has 1 fully saturated rings. The van der Waals surface area contributed by atoms with E-state index in [-0.39, 0.29) is 0 Å². The topological polar surface area (TPSA) is 41.9 Å². The Morgan fingerprint density at radius 2 is 1.60 bits per heavy atom. The molecule has 2 aromatic rings. The Labute approximate surface area is 150 Å². The fourth-order valence-electron chi connectivity index (χ4n) is 3.47. The first-order valence-electron chi connectivity index (χ1n) is 8.77. The molecule has 1 aliphatic heterocycles. The van der Waals surface area contributed by atoms with Crippen LogP contribution in [0.5, 0.6) is 11.5 Å². The Kier molecular flexibility index (Phi) is 5.30. The third-order valence-electron chi connectivity index (χ3n) is 5.23. The summed E-state index contributed by atoms with van der Waals surface area (Å²) in [5, 5.41) is 11.2. The minimum Gasteiger partial charge on any atom is -0.497 e. The van der Waals surface area contributed by atoms with Crippen LogP contribution < -0.4 is 9.47 Å². The minimum atomic E-state index is -0.829. The van der Waals surface area contributed by atoms with E-state index in [0.29, 0.717) is 24.3 Å². The van der Waals surface area contributed by atoms with E-state index in [1.54, 1.807) is 14.2 Å². The molecule has 4 nitrogen and oxygen atoms in total. The van der Waals surface area contributed by atoms with Crippen LogP contribution in [0.2, 0.25) is 0 Å². The molecule has 0 bridgehead atoms. The summed E-state index contributed by atoms with van der Waals surface area (Å²) in [6.45, 7) is 4.82. The molecule has 3 rings (SSSR count). The summed E-state index contributed by atoms with van der Waals surface area (Å²) in [6.07, 6.45) is 1.41.